The number of nitrogens with one attached hydrogen (secondary N) is 1. The van der Waals surface area contributed by atoms with Crippen LogP contribution in [0.1, 0.15) is 27.8 Å². The van der Waals surface area contributed by atoms with Crippen molar-refractivity contribution in [1.29, 1.82) is 0 Å². The topological polar surface area (TPSA) is 92.1 Å². The number of hydrogen-bond donors (Lipinski definition) is 1. The molecule has 0 bridgehead atoms. The molecule has 1 saturated heterocycles. The molecule has 3 amide bonds. The fraction of sp³-hybridized carbons (Fsp3) is 0.316. The van der Waals surface area contributed by atoms with Gasteiger partial charge in [0.15, 0.2) is 5.76 Å². The minimum atomic E-state index is -0.424. The van der Waals surface area contributed by atoms with Crippen molar-refractivity contribution in [3.63, 3.8) is 0 Å². The molecule has 0 saturated carbocycles. The third kappa shape index (κ3) is 4.28. The lowest BCUT2D eigenvalue weighted by Gasteiger charge is -2.34. The summed E-state index contributed by atoms with van der Waals surface area (Å²) < 4.78 is 10.1. The zero-order chi connectivity index (χ0) is 19.2. The lowest BCUT2D eigenvalue weighted by Crippen LogP contribution is -2.50. The number of hydrogen-bond acceptors (Lipinski definition) is 5. The predicted octanol–water partition coefficient (Wildman–Crippen LogP) is 2.45. The monoisotopic (exact) mass is 371 g/mol. The second-order valence-electron chi connectivity index (χ2n) is 5.96. The van der Waals surface area contributed by atoms with Crippen LogP contribution in [0.4, 0.5) is 10.5 Å². The van der Waals surface area contributed by atoms with Gasteiger partial charge in [0.2, 0.25) is 0 Å². The first kappa shape index (κ1) is 18.5. The fourth-order valence-electron chi connectivity index (χ4n) is 2.85. The van der Waals surface area contributed by atoms with Crippen molar-refractivity contribution in [2.24, 2.45) is 0 Å². The van der Waals surface area contributed by atoms with E-state index >= 15 is 0 Å². The summed E-state index contributed by atoms with van der Waals surface area (Å²) in [6, 6.07) is 9.99. The van der Waals surface area contributed by atoms with E-state index in [1.54, 1.807) is 53.1 Å². The van der Waals surface area contributed by atoms with Crippen LogP contribution in [-0.4, -0.2) is 60.5 Å². The van der Waals surface area contributed by atoms with E-state index in [1.807, 2.05) is 0 Å². The number of ether oxygens (including phenoxy) is 1. The Kier molecular flexibility index (Phi) is 5.75. The third-order valence-corrected chi connectivity index (χ3v) is 4.24. The van der Waals surface area contributed by atoms with Crippen LogP contribution in [0.5, 0.6) is 0 Å². The average molecular weight is 371 g/mol. The fourth-order valence-corrected chi connectivity index (χ4v) is 2.85. The van der Waals surface area contributed by atoms with Gasteiger partial charge in [-0.15, -0.1) is 0 Å². The summed E-state index contributed by atoms with van der Waals surface area (Å²) in [6.07, 6.45) is 1.05. The summed E-state index contributed by atoms with van der Waals surface area (Å²) in [5.74, 6) is -0.457. The Morgan fingerprint density at radius 2 is 1.74 bits per heavy atom. The maximum absolute atomic E-state index is 12.9. The largest absolute Gasteiger partial charge is 0.459 e. The van der Waals surface area contributed by atoms with Crippen LogP contribution >= 0.6 is 0 Å². The van der Waals surface area contributed by atoms with E-state index in [2.05, 4.69) is 5.32 Å². The molecule has 1 aliphatic rings. The van der Waals surface area contributed by atoms with Crippen molar-refractivity contribution in [3.8, 4) is 0 Å². The molecule has 0 aliphatic carbocycles. The molecule has 1 fully saturated rings. The molecule has 142 valence electrons. The molecule has 8 nitrogen and oxygen atoms in total. The quantitative estimate of drug-likeness (QED) is 0.891. The maximum Gasteiger partial charge on any atom is 0.409 e. The lowest BCUT2D eigenvalue weighted by molar-refractivity contribution is 0.0571. The first-order valence-electron chi connectivity index (χ1n) is 8.75. The molecule has 1 N–H and O–H groups in total. The van der Waals surface area contributed by atoms with Crippen molar-refractivity contribution >= 4 is 23.6 Å². The smallest absolute Gasteiger partial charge is 0.409 e. The van der Waals surface area contributed by atoms with Crippen LogP contribution < -0.4 is 5.32 Å². The zero-order valence-electron chi connectivity index (χ0n) is 15.0. The van der Waals surface area contributed by atoms with Gasteiger partial charge in [0, 0.05) is 26.2 Å². The molecule has 8 heteroatoms. The third-order valence-electron chi connectivity index (χ3n) is 4.24. The number of carbonyl (C=O) groups excluding carboxylic acids is 3. The van der Waals surface area contributed by atoms with Crippen molar-refractivity contribution in [2.45, 2.75) is 6.92 Å². The van der Waals surface area contributed by atoms with Crippen LogP contribution in [0.2, 0.25) is 0 Å². The minimum absolute atomic E-state index is 0.167. The SMILES string of the molecule is CCOC(=O)N1CCN(C(=O)c2ccccc2NC(=O)c2ccco2)CC1. The average Bonchev–Trinajstić information content (AvgIpc) is 3.23. The summed E-state index contributed by atoms with van der Waals surface area (Å²) >= 11 is 0. The first-order valence-corrected chi connectivity index (χ1v) is 8.75. The van der Waals surface area contributed by atoms with Gasteiger partial charge in [0.25, 0.3) is 11.8 Å². The van der Waals surface area contributed by atoms with E-state index in [0.717, 1.165) is 0 Å². The van der Waals surface area contributed by atoms with Crippen molar-refractivity contribution in [1.82, 2.24) is 9.80 Å². The van der Waals surface area contributed by atoms with Crippen molar-refractivity contribution in [2.75, 3.05) is 38.1 Å². The van der Waals surface area contributed by atoms with E-state index < -0.39 is 5.91 Å². The second-order valence-corrected chi connectivity index (χ2v) is 5.96. The van der Waals surface area contributed by atoms with Crippen molar-refractivity contribution < 1.29 is 23.5 Å². The van der Waals surface area contributed by atoms with Crippen LogP contribution in [0, 0.1) is 0 Å². The van der Waals surface area contributed by atoms with Crippen LogP contribution in [0.25, 0.3) is 0 Å². The number of anilines is 1. The standard InChI is InChI=1S/C19H21N3O5/c1-2-26-19(25)22-11-9-21(10-12-22)18(24)14-6-3-4-7-15(14)20-17(23)16-8-5-13-27-16/h3-8,13H,2,9-12H2,1H3,(H,20,23). The van der Waals surface area contributed by atoms with Crippen LogP contribution in [0.3, 0.4) is 0 Å². The number of nitrogens with zero attached hydrogens (tertiary/aromatic N) is 2. The molecular weight excluding hydrogens is 350 g/mol. The Morgan fingerprint density at radius 3 is 2.41 bits per heavy atom. The molecular formula is C19H21N3O5. The molecule has 2 aromatic rings. The number of benzene rings is 1. The van der Waals surface area contributed by atoms with Gasteiger partial charge in [-0.2, -0.15) is 0 Å². The summed E-state index contributed by atoms with van der Waals surface area (Å²) in [6.45, 7) is 3.69. The molecule has 0 atom stereocenters. The zero-order valence-corrected chi connectivity index (χ0v) is 15.0. The molecule has 3 rings (SSSR count). The number of furan rings is 1. The highest BCUT2D eigenvalue weighted by atomic mass is 16.6. The molecule has 1 aliphatic heterocycles. The number of para-hydroxylation sites is 1. The Balaban J connectivity index is 1.67. The van der Waals surface area contributed by atoms with E-state index in [0.29, 0.717) is 44.0 Å². The highest BCUT2D eigenvalue weighted by Crippen LogP contribution is 2.19. The molecule has 27 heavy (non-hydrogen) atoms. The lowest BCUT2D eigenvalue weighted by atomic mass is 10.1. The van der Waals surface area contributed by atoms with Gasteiger partial charge < -0.3 is 24.3 Å². The van der Waals surface area contributed by atoms with Gasteiger partial charge in [-0.25, -0.2) is 4.79 Å². The highest BCUT2D eigenvalue weighted by Gasteiger charge is 2.27. The summed E-state index contributed by atoms with van der Waals surface area (Å²) in [7, 11) is 0. The number of rotatable bonds is 4. The van der Waals surface area contributed by atoms with Gasteiger partial charge in [0.05, 0.1) is 24.1 Å². The van der Waals surface area contributed by atoms with Gasteiger partial charge in [-0.05, 0) is 31.2 Å². The number of carbonyl (C=O) groups is 3. The Labute approximate surface area is 156 Å². The minimum Gasteiger partial charge on any atom is -0.459 e. The summed E-state index contributed by atoms with van der Waals surface area (Å²) in [5, 5.41) is 2.71. The predicted molar refractivity (Wildman–Crippen MR) is 97.6 cm³/mol. The van der Waals surface area contributed by atoms with E-state index in [-0.39, 0.29) is 17.8 Å². The molecule has 1 aromatic carbocycles. The molecule has 2 heterocycles. The van der Waals surface area contributed by atoms with Crippen LogP contribution in [0.15, 0.2) is 47.1 Å². The normalized spacial score (nSPS) is 14.0. The van der Waals surface area contributed by atoms with Gasteiger partial charge in [-0.3, -0.25) is 9.59 Å². The summed E-state index contributed by atoms with van der Waals surface area (Å²) in [4.78, 5) is 40.1. The second kappa shape index (κ2) is 8.39. The molecule has 0 unspecified atom stereocenters. The Bertz CT molecular complexity index is 811. The maximum atomic E-state index is 12.9. The molecule has 0 radical (unpaired) electrons. The highest BCUT2D eigenvalue weighted by molar-refractivity contribution is 6.07. The molecule has 0 spiro atoms. The number of amides is 3. The molecule has 1 aromatic heterocycles. The Morgan fingerprint density at radius 1 is 1.04 bits per heavy atom. The van der Waals surface area contributed by atoms with Gasteiger partial charge >= 0.3 is 6.09 Å². The van der Waals surface area contributed by atoms with E-state index in [9.17, 15) is 14.4 Å². The van der Waals surface area contributed by atoms with E-state index in [4.69, 9.17) is 9.15 Å². The van der Waals surface area contributed by atoms with Crippen molar-refractivity contribution in [3.05, 3.63) is 54.0 Å². The Hall–Kier alpha value is -3.29. The van der Waals surface area contributed by atoms with Gasteiger partial charge in [0.1, 0.15) is 0 Å². The first-order chi connectivity index (χ1) is 13.1. The van der Waals surface area contributed by atoms with E-state index in [1.165, 1.54) is 6.26 Å². The van der Waals surface area contributed by atoms with Crippen LogP contribution in [-0.2, 0) is 4.74 Å². The number of piperazine rings is 1. The van der Waals surface area contributed by atoms with Gasteiger partial charge in [-0.1, -0.05) is 12.1 Å². The summed E-state index contributed by atoms with van der Waals surface area (Å²) in [5.41, 5.74) is 0.804.